The molecule has 2 fully saturated rings. The number of aliphatic hydroxyl groups excluding tert-OH is 2. The average molecular weight is 529 g/mol. The molecule has 3 rings (SSSR count). The zero-order valence-electron chi connectivity index (χ0n) is 24.4. The summed E-state index contributed by atoms with van der Waals surface area (Å²) < 4.78 is 21.2. The Balaban J connectivity index is 2.34. The van der Waals surface area contributed by atoms with Crippen LogP contribution in [-0.2, 0) is 13.6 Å². The molecule has 2 bridgehead atoms. The normalized spacial score (nSPS) is 41.7. The molecule has 1 heterocycles. The third kappa shape index (κ3) is 4.01. The van der Waals surface area contributed by atoms with Crippen molar-refractivity contribution in [2.45, 2.75) is 140 Å². The second kappa shape index (κ2) is 8.22. The molecular formula is C27H52O6Si2. The van der Waals surface area contributed by atoms with E-state index in [2.05, 4.69) is 67.7 Å². The predicted molar refractivity (Wildman–Crippen MR) is 145 cm³/mol. The van der Waals surface area contributed by atoms with Crippen LogP contribution in [0.3, 0.4) is 0 Å². The van der Waals surface area contributed by atoms with Gasteiger partial charge in [0.05, 0.1) is 41.5 Å². The fourth-order valence-electron chi connectivity index (χ4n) is 6.19. The quantitative estimate of drug-likeness (QED) is 0.344. The molecule has 1 aliphatic heterocycles. The van der Waals surface area contributed by atoms with Crippen LogP contribution >= 0.6 is 0 Å². The molecular weight excluding hydrogens is 476 g/mol. The van der Waals surface area contributed by atoms with Gasteiger partial charge in [-0.3, -0.25) is 0 Å². The van der Waals surface area contributed by atoms with Crippen molar-refractivity contribution in [1.29, 1.82) is 0 Å². The van der Waals surface area contributed by atoms with Crippen LogP contribution < -0.4 is 0 Å². The Morgan fingerprint density at radius 2 is 1.43 bits per heavy atom. The van der Waals surface area contributed by atoms with Crippen molar-refractivity contribution in [3.05, 3.63) is 12.2 Å². The summed E-state index contributed by atoms with van der Waals surface area (Å²) in [5.74, 6) is -0.427. The van der Waals surface area contributed by atoms with Crippen LogP contribution in [0.5, 0.6) is 0 Å². The fourth-order valence-corrected chi connectivity index (χ4v) is 8.83. The van der Waals surface area contributed by atoms with Crippen molar-refractivity contribution in [2.75, 3.05) is 6.61 Å². The fraction of sp³-hybridized carbons (Fsp3) is 0.926. The van der Waals surface area contributed by atoms with Crippen LogP contribution in [0.4, 0.5) is 0 Å². The molecule has 1 saturated carbocycles. The van der Waals surface area contributed by atoms with Gasteiger partial charge >= 0.3 is 0 Å². The minimum atomic E-state index is -2.37. The molecule has 7 atom stereocenters. The molecule has 35 heavy (non-hydrogen) atoms. The van der Waals surface area contributed by atoms with Gasteiger partial charge < -0.3 is 28.9 Å². The van der Waals surface area contributed by atoms with Crippen molar-refractivity contribution in [3.8, 4) is 0 Å². The summed E-state index contributed by atoms with van der Waals surface area (Å²) in [6.07, 6.45) is 2.07. The first kappa shape index (κ1) is 29.5. The molecule has 2 aliphatic carbocycles. The monoisotopic (exact) mass is 528 g/mol. The molecule has 0 aromatic heterocycles. The highest BCUT2D eigenvalue weighted by atomic mass is 28.4. The van der Waals surface area contributed by atoms with Gasteiger partial charge in [-0.05, 0) is 63.5 Å². The van der Waals surface area contributed by atoms with Crippen molar-refractivity contribution in [2.24, 2.45) is 11.3 Å². The van der Waals surface area contributed by atoms with E-state index in [-0.39, 0.29) is 16.7 Å². The minimum absolute atomic E-state index is 0.0576. The summed E-state index contributed by atoms with van der Waals surface area (Å²) in [5.41, 5.74) is -4.78. The Morgan fingerprint density at radius 3 is 1.89 bits per heavy atom. The largest absolute Gasteiger partial charge is 0.411 e. The second-order valence-corrected chi connectivity index (χ2v) is 24.6. The first-order valence-electron chi connectivity index (χ1n) is 13.2. The Bertz CT molecular complexity index is 853. The van der Waals surface area contributed by atoms with Gasteiger partial charge in [-0.1, -0.05) is 53.7 Å². The molecule has 0 unspecified atom stereocenters. The molecule has 204 valence electrons. The number of ether oxygens (including phenoxy) is 1. The predicted octanol–water partition coefficient (Wildman–Crippen LogP) is 5.00. The Hall–Kier alpha value is -0.0662. The van der Waals surface area contributed by atoms with Gasteiger partial charge in [0, 0.05) is 5.92 Å². The number of hydrogen-bond donors (Lipinski definition) is 3. The summed E-state index contributed by atoms with van der Waals surface area (Å²) in [4.78, 5) is 0. The maximum Gasteiger partial charge on any atom is 0.192 e. The molecule has 3 aliphatic rings. The SMILES string of the molecule is CC1(C)O[C@]23[C@@H](O)[C@H]1[C@H](O[Si](C)(C)C(C)(C)C)[C@H](O[Si](C)(C)C(C)(C)C)[C@]2(CO)C=CC[C@]3(C)O. The van der Waals surface area contributed by atoms with Crippen LogP contribution in [0.15, 0.2) is 12.2 Å². The van der Waals surface area contributed by atoms with Crippen molar-refractivity contribution < 1.29 is 28.9 Å². The molecule has 1 saturated heterocycles. The molecule has 8 heteroatoms. The molecule has 0 radical (unpaired) electrons. The number of aliphatic hydroxyl groups is 3. The maximum absolute atomic E-state index is 12.1. The lowest BCUT2D eigenvalue weighted by Crippen LogP contribution is -2.79. The van der Waals surface area contributed by atoms with Gasteiger partial charge in [-0.2, -0.15) is 0 Å². The lowest BCUT2D eigenvalue weighted by Gasteiger charge is -2.64. The van der Waals surface area contributed by atoms with E-state index in [4.69, 9.17) is 13.6 Å². The standard InChI is InChI=1S/C27H52O6Si2/c1-22(2,3)34(10,11)31-19-18-20(29)27(33-24(18,7)8)25(9,30)15-14-16-26(27,17-28)21(19)32-35(12,13)23(4,5)6/h14,16,18-21,28-30H,15,17H2,1-13H3/t18-,19+,20+,21+,25+,26-,27+/m1/s1. The Kier molecular flexibility index (Phi) is 6.92. The summed E-state index contributed by atoms with van der Waals surface area (Å²) in [5, 5.41) is 35.0. The van der Waals surface area contributed by atoms with Crippen molar-refractivity contribution in [1.82, 2.24) is 0 Å². The van der Waals surface area contributed by atoms with Crippen LogP contribution in [-0.4, -0.2) is 73.7 Å². The van der Waals surface area contributed by atoms with Crippen molar-refractivity contribution >= 4 is 16.6 Å². The topological polar surface area (TPSA) is 88.4 Å². The van der Waals surface area contributed by atoms with E-state index in [1.54, 1.807) is 6.92 Å². The summed E-state index contributed by atoms with van der Waals surface area (Å²) in [6.45, 7) is 27.4. The molecule has 0 aromatic rings. The van der Waals surface area contributed by atoms with E-state index in [9.17, 15) is 15.3 Å². The second-order valence-electron chi connectivity index (χ2n) is 15.1. The number of rotatable bonds is 5. The summed E-state index contributed by atoms with van der Waals surface area (Å²) >= 11 is 0. The smallest absolute Gasteiger partial charge is 0.192 e. The minimum Gasteiger partial charge on any atom is -0.411 e. The maximum atomic E-state index is 12.1. The third-order valence-electron chi connectivity index (χ3n) is 10.3. The molecule has 1 spiro atoms. The molecule has 0 aromatic carbocycles. The van der Waals surface area contributed by atoms with Gasteiger partial charge in [-0.15, -0.1) is 0 Å². The van der Waals surface area contributed by atoms with E-state index < -0.39 is 63.1 Å². The van der Waals surface area contributed by atoms with Crippen LogP contribution in [0.25, 0.3) is 0 Å². The first-order chi connectivity index (χ1) is 15.4. The molecule has 3 N–H and O–H groups in total. The van der Waals surface area contributed by atoms with E-state index >= 15 is 0 Å². The van der Waals surface area contributed by atoms with E-state index in [1.807, 2.05) is 26.0 Å². The first-order valence-corrected chi connectivity index (χ1v) is 19.0. The zero-order chi connectivity index (χ0) is 27.3. The third-order valence-corrected chi connectivity index (χ3v) is 19.2. The van der Waals surface area contributed by atoms with E-state index in [0.717, 1.165) is 0 Å². The number of hydrogen-bond acceptors (Lipinski definition) is 6. The van der Waals surface area contributed by atoms with Gasteiger partial charge in [-0.25, -0.2) is 0 Å². The van der Waals surface area contributed by atoms with Gasteiger partial charge in [0.15, 0.2) is 16.6 Å². The van der Waals surface area contributed by atoms with Gasteiger partial charge in [0.25, 0.3) is 0 Å². The highest BCUT2D eigenvalue weighted by Gasteiger charge is 2.81. The molecule has 0 amide bonds. The van der Waals surface area contributed by atoms with Crippen molar-refractivity contribution in [3.63, 3.8) is 0 Å². The van der Waals surface area contributed by atoms with E-state index in [0.29, 0.717) is 6.42 Å². The Morgan fingerprint density at radius 1 is 0.943 bits per heavy atom. The summed E-state index contributed by atoms with van der Waals surface area (Å²) in [7, 11) is -4.70. The van der Waals surface area contributed by atoms with Crippen LogP contribution in [0, 0.1) is 11.3 Å². The van der Waals surface area contributed by atoms with Crippen LogP contribution in [0.1, 0.15) is 68.7 Å². The molecule has 6 nitrogen and oxygen atoms in total. The average Bonchev–Trinajstić information content (AvgIpc) is 2.82. The van der Waals surface area contributed by atoms with Crippen LogP contribution in [0.2, 0.25) is 36.3 Å². The highest BCUT2D eigenvalue weighted by molar-refractivity contribution is 6.74. The van der Waals surface area contributed by atoms with Gasteiger partial charge in [0.1, 0.15) is 5.60 Å². The lowest BCUT2D eigenvalue weighted by atomic mass is 9.49. The lowest BCUT2D eigenvalue weighted by molar-refractivity contribution is -0.293. The zero-order valence-corrected chi connectivity index (χ0v) is 26.4. The highest BCUT2D eigenvalue weighted by Crippen LogP contribution is 2.67. The summed E-state index contributed by atoms with van der Waals surface area (Å²) in [6, 6.07) is 0. The van der Waals surface area contributed by atoms with E-state index in [1.165, 1.54) is 0 Å². The Labute approximate surface area is 215 Å². The number of fused-ring (bicyclic) bond motifs is 1. The van der Waals surface area contributed by atoms with Gasteiger partial charge in [0.2, 0.25) is 0 Å².